The summed E-state index contributed by atoms with van der Waals surface area (Å²) >= 11 is 0. The Morgan fingerprint density at radius 1 is 1.45 bits per heavy atom. The number of ether oxygens (including phenoxy) is 1. The molecule has 20 heavy (non-hydrogen) atoms. The Bertz CT molecular complexity index is 547. The largest absolute Gasteiger partial charge is 0.493 e. The van der Waals surface area contributed by atoms with Crippen molar-refractivity contribution >= 4 is 12.0 Å². The highest BCUT2D eigenvalue weighted by atomic mass is 16.5. The van der Waals surface area contributed by atoms with Crippen molar-refractivity contribution in [3.8, 4) is 5.75 Å². The van der Waals surface area contributed by atoms with Gasteiger partial charge >= 0.3 is 0 Å². The molecule has 4 nitrogen and oxygen atoms in total. The van der Waals surface area contributed by atoms with Crippen LogP contribution in [0.1, 0.15) is 30.4 Å². The van der Waals surface area contributed by atoms with Gasteiger partial charge in [-0.3, -0.25) is 4.79 Å². The normalized spacial score (nSPS) is 19.2. The molecule has 0 bridgehead atoms. The molecule has 1 aromatic rings. The molecule has 0 aromatic heterocycles. The Labute approximate surface area is 118 Å². The van der Waals surface area contributed by atoms with Crippen molar-refractivity contribution < 1.29 is 14.6 Å². The van der Waals surface area contributed by atoms with Crippen LogP contribution in [0.15, 0.2) is 24.3 Å². The molecule has 1 fully saturated rings. The number of amides is 1. The average Bonchev–Trinajstić information content (AvgIpc) is 2.88. The van der Waals surface area contributed by atoms with Crippen molar-refractivity contribution in [2.75, 3.05) is 13.2 Å². The Kier molecular flexibility index (Phi) is 3.49. The van der Waals surface area contributed by atoms with Gasteiger partial charge in [-0.2, -0.15) is 0 Å². The summed E-state index contributed by atoms with van der Waals surface area (Å²) in [6.07, 6.45) is 6.83. The molecule has 1 aromatic carbocycles. The predicted molar refractivity (Wildman–Crippen MR) is 76.5 cm³/mol. The minimum absolute atomic E-state index is 0.165. The number of fused-ring (bicyclic) bond motifs is 1. The second kappa shape index (κ2) is 5.29. The van der Waals surface area contributed by atoms with Gasteiger partial charge in [0.2, 0.25) is 5.91 Å². The highest BCUT2D eigenvalue weighted by Gasteiger charge is 2.34. The van der Waals surface area contributed by atoms with Crippen LogP contribution in [0.5, 0.6) is 5.75 Å². The number of aliphatic hydroxyl groups is 1. The van der Waals surface area contributed by atoms with E-state index in [4.69, 9.17) is 4.74 Å². The number of benzene rings is 1. The van der Waals surface area contributed by atoms with E-state index < -0.39 is 5.60 Å². The van der Waals surface area contributed by atoms with Crippen LogP contribution in [0.2, 0.25) is 0 Å². The quantitative estimate of drug-likeness (QED) is 0.820. The van der Waals surface area contributed by atoms with Gasteiger partial charge in [-0.25, -0.2) is 0 Å². The van der Waals surface area contributed by atoms with E-state index in [0.717, 1.165) is 43.6 Å². The highest BCUT2D eigenvalue weighted by Crippen LogP contribution is 2.30. The van der Waals surface area contributed by atoms with E-state index in [1.807, 2.05) is 18.2 Å². The second-order valence-corrected chi connectivity index (χ2v) is 5.59. The third-order valence-electron chi connectivity index (χ3n) is 4.02. The SMILES string of the molecule is O=C(/C=C/c1ccc2c(c1)CCO2)NCC1(O)CCC1. The number of rotatable bonds is 4. The van der Waals surface area contributed by atoms with Gasteiger partial charge in [0.15, 0.2) is 0 Å². The summed E-state index contributed by atoms with van der Waals surface area (Å²) in [7, 11) is 0. The van der Waals surface area contributed by atoms with Gasteiger partial charge in [-0.05, 0) is 48.6 Å². The van der Waals surface area contributed by atoms with Gasteiger partial charge in [-0.15, -0.1) is 0 Å². The summed E-state index contributed by atoms with van der Waals surface area (Å²) in [5.74, 6) is 0.779. The first kappa shape index (κ1) is 13.2. The zero-order chi connectivity index (χ0) is 14.0. The number of hydrogen-bond donors (Lipinski definition) is 2. The minimum Gasteiger partial charge on any atom is -0.493 e. The third-order valence-corrected chi connectivity index (χ3v) is 4.02. The van der Waals surface area contributed by atoms with Crippen LogP contribution in [-0.4, -0.2) is 29.8 Å². The van der Waals surface area contributed by atoms with Crippen LogP contribution < -0.4 is 10.1 Å². The van der Waals surface area contributed by atoms with Gasteiger partial charge in [0.25, 0.3) is 0 Å². The summed E-state index contributed by atoms with van der Waals surface area (Å²) < 4.78 is 5.44. The smallest absolute Gasteiger partial charge is 0.244 e. The predicted octanol–water partition coefficient (Wildman–Crippen LogP) is 1.67. The molecule has 0 saturated heterocycles. The van der Waals surface area contributed by atoms with Crippen molar-refractivity contribution in [1.82, 2.24) is 5.32 Å². The van der Waals surface area contributed by atoms with Crippen LogP contribution in [0.4, 0.5) is 0 Å². The number of hydrogen-bond acceptors (Lipinski definition) is 3. The van der Waals surface area contributed by atoms with E-state index in [9.17, 15) is 9.90 Å². The number of carbonyl (C=O) groups excluding carboxylic acids is 1. The summed E-state index contributed by atoms with van der Waals surface area (Å²) in [6.45, 7) is 1.08. The molecule has 0 unspecified atom stereocenters. The zero-order valence-corrected chi connectivity index (χ0v) is 11.4. The van der Waals surface area contributed by atoms with E-state index in [2.05, 4.69) is 5.32 Å². The Hall–Kier alpha value is -1.81. The maximum absolute atomic E-state index is 11.7. The van der Waals surface area contributed by atoms with Crippen molar-refractivity contribution in [2.45, 2.75) is 31.3 Å². The van der Waals surface area contributed by atoms with E-state index in [1.165, 1.54) is 11.6 Å². The van der Waals surface area contributed by atoms with Gasteiger partial charge in [0.1, 0.15) is 5.75 Å². The summed E-state index contributed by atoms with van der Waals surface area (Å²) in [4.78, 5) is 11.7. The first-order valence-corrected chi connectivity index (χ1v) is 7.09. The topological polar surface area (TPSA) is 58.6 Å². The Morgan fingerprint density at radius 2 is 2.30 bits per heavy atom. The molecule has 2 aliphatic rings. The summed E-state index contributed by atoms with van der Waals surface area (Å²) in [5, 5.41) is 12.6. The lowest BCUT2D eigenvalue weighted by molar-refractivity contribution is -0.118. The lowest BCUT2D eigenvalue weighted by Crippen LogP contribution is -2.47. The fraction of sp³-hybridized carbons (Fsp3) is 0.438. The Balaban J connectivity index is 1.55. The summed E-state index contributed by atoms with van der Waals surface area (Å²) in [5.41, 5.74) is 1.51. The summed E-state index contributed by atoms with van der Waals surface area (Å²) in [6, 6.07) is 5.93. The Morgan fingerprint density at radius 3 is 3.05 bits per heavy atom. The molecular weight excluding hydrogens is 254 g/mol. The first-order valence-electron chi connectivity index (χ1n) is 7.09. The van der Waals surface area contributed by atoms with Crippen LogP contribution >= 0.6 is 0 Å². The lowest BCUT2D eigenvalue weighted by Gasteiger charge is -2.36. The molecule has 0 spiro atoms. The molecule has 3 rings (SSSR count). The molecule has 0 radical (unpaired) electrons. The molecule has 2 N–H and O–H groups in total. The van der Waals surface area contributed by atoms with Crippen molar-refractivity contribution in [3.63, 3.8) is 0 Å². The van der Waals surface area contributed by atoms with Gasteiger partial charge in [0.05, 0.1) is 12.2 Å². The standard InChI is InChI=1S/C16H19NO3/c18-15(17-11-16(19)7-1-8-16)5-3-12-2-4-14-13(10-12)6-9-20-14/h2-5,10,19H,1,6-9,11H2,(H,17,18)/b5-3+. The molecule has 1 aliphatic carbocycles. The first-order chi connectivity index (χ1) is 9.65. The maximum Gasteiger partial charge on any atom is 0.244 e. The molecule has 1 heterocycles. The molecule has 106 valence electrons. The monoisotopic (exact) mass is 273 g/mol. The zero-order valence-electron chi connectivity index (χ0n) is 11.4. The van der Waals surface area contributed by atoms with Gasteiger partial charge in [0, 0.05) is 19.0 Å². The van der Waals surface area contributed by atoms with Crippen LogP contribution in [-0.2, 0) is 11.2 Å². The fourth-order valence-corrected chi connectivity index (χ4v) is 2.55. The third kappa shape index (κ3) is 2.85. The van der Waals surface area contributed by atoms with Crippen LogP contribution in [0.25, 0.3) is 6.08 Å². The average molecular weight is 273 g/mol. The molecular formula is C16H19NO3. The lowest BCUT2D eigenvalue weighted by atomic mass is 9.80. The van der Waals surface area contributed by atoms with E-state index in [-0.39, 0.29) is 5.91 Å². The highest BCUT2D eigenvalue weighted by molar-refractivity contribution is 5.91. The van der Waals surface area contributed by atoms with Crippen LogP contribution in [0, 0.1) is 0 Å². The number of nitrogens with one attached hydrogen (secondary N) is 1. The minimum atomic E-state index is -0.672. The molecule has 1 aliphatic heterocycles. The maximum atomic E-state index is 11.7. The molecule has 4 heteroatoms. The van der Waals surface area contributed by atoms with E-state index in [1.54, 1.807) is 6.08 Å². The molecule has 1 amide bonds. The second-order valence-electron chi connectivity index (χ2n) is 5.59. The van der Waals surface area contributed by atoms with Crippen molar-refractivity contribution in [3.05, 3.63) is 35.4 Å². The number of carbonyl (C=O) groups is 1. The van der Waals surface area contributed by atoms with E-state index in [0.29, 0.717) is 6.54 Å². The van der Waals surface area contributed by atoms with E-state index >= 15 is 0 Å². The molecule has 1 saturated carbocycles. The van der Waals surface area contributed by atoms with Crippen molar-refractivity contribution in [2.24, 2.45) is 0 Å². The van der Waals surface area contributed by atoms with Crippen molar-refractivity contribution in [1.29, 1.82) is 0 Å². The van der Waals surface area contributed by atoms with Crippen LogP contribution in [0.3, 0.4) is 0 Å². The fourth-order valence-electron chi connectivity index (χ4n) is 2.55. The van der Waals surface area contributed by atoms with Gasteiger partial charge in [-0.1, -0.05) is 6.07 Å². The van der Waals surface area contributed by atoms with Gasteiger partial charge < -0.3 is 15.2 Å². The molecule has 0 atom stereocenters.